The largest absolute Gasteiger partial charge is 0.393 e. The Balaban J connectivity index is 0.000000157. The molecule has 6 aromatic rings. The van der Waals surface area contributed by atoms with Crippen molar-refractivity contribution in [2.75, 3.05) is 81.8 Å². The maximum absolute atomic E-state index is 13.1. The highest BCUT2D eigenvalue weighted by Crippen LogP contribution is 2.41. The Morgan fingerprint density at radius 3 is 1.64 bits per heavy atom. The van der Waals surface area contributed by atoms with E-state index in [1.165, 1.54) is 16.5 Å². The first-order valence-corrected chi connectivity index (χ1v) is 23.4. The van der Waals surface area contributed by atoms with Gasteiger partial charge in [-0.15, -0.1) is 22.7 Å². The maximum atomic E-state index is 13.1. The van der Waals surface area contributed by atoms with Crippen molar-refractivity contribution in [2.24, 2.45) is 17.8 Å². The third kappa shape index (κ3) is 9.69. The summed E-state index contributed by atoms with van der Waals surface area (Å²) in [6, 6.07) is 20.8. The van der Waals surface area contributed by atoms with Crippen LogP contribution in [0.25, 0.3) is 42.7 Å². The van der Waals surface area contributed by atoms with Crippen LogP contribution in [0.1, 0.15) is 38.5 Å². The number of hydrogen-bond donors (Lipinski definition) is 1. The van der Waals surface area contributed by atoms with Gasteiger partial charge in [-0.1, -0.05) is 60.7 Å². The smallest absolute Gasteiger partial charge is 0.356 e. The van der Waals surface area contributed by atoms with Gasteiger partial charge >= 0.3 is 6.18 Å². The van der Waals surface area contributed by atoms with Gasteiger partial charge in [0.2, 0.25) is 5.91 Å². The number of nitrogens with zero attached hydrogens (tertiary/aromatic N) is 8. The quantitative estimate of drug-likeness (QED) is 0.161. The first kappa shape index (κ1) is 41.6. The van der Waals surface area contributed by atoms with Crippen molar-refractivity contribution in [3.8, 4) is 22.3 Å². The summed E-state index contributed by atoms with van der Waals surface area (Å²) in [6.45, 7) is 8.77. The Hall–Kier alpha value is -4.70. The molecule has 0 bridgehead atoms. The summed E-state index contributed by atoms with van der Waals surface area (Å²) in [7, 11) is 0. The van der Waals surface area contributed by atoms with E-state index in [2.05, 4.69) is 82.1 Å². The number of hydrogen-bond acceptors (Lipinski definition) is 11. The number of thiophene rings is 2. The molecule has 0 radical (unpaired) electrons. The number of carbonyl (C=O) groups excluding carboxylic acids is 1. The third-order valence-electron chi connectivity index (χ3n) is 12.8. The van der Waals surface area contributed by atoms with Crippen LogP contribution in [0.15, 0.2) is 84.1 Å². The van der Waals surface area contributed by atoms with Crippen LogP contribution in [0.4, 0.5) is 24.8 Å². The van der Waals surface area contributed by atoms with Crippen molar-refractivity contribution < 1.29 is 18.0 Å². The Morgan fingerprint density at radius 1 is 0.639 bits per heavy atom. The van der Waals surface area contributed by atoms with Crippen molar-refractivity contribution >= 4 is 60.6 Å². The number of benzene rings is 2. The second kappa shape index (κ2) is 18.7. The Morgan fingerprint density at radius 2 is 1.15 bits per heavy atom. The number of piperidine rings is 3. The molecule has 0 saturated carbocycles. The lowest BCUT2D eigenvalue weighted by molar-refractivity contribution is -0.187. The second-order valence-electron chi connectivity index (χ2n) is 16.9. The van der Waals surface area contributed by atoms with Crippen LogP contribution in [0.2, 0.25) is 0 Å². The molecule has 1 unspecified atom stereocenters. The highest BCUT2D eigenvalue weighted by atomic mass is 32.1. The number of piperazine rings is 1. The lowest BCUT2D eigenvalue weighted by Gasteiger charge is -2.39. The average molecular weight is 868 g/mol. The van der Waals surface area contributed by atoms with Gasteiger partial charge in [-0.05, 0) is 68.0 Å². The predicted octanol–water partition coefficient (Wildman–Crippen LogP) is 8.86. The highest BCUT2D eigenvalue weighted by molar-refractivity contribution is 7.17. The van der Waals surface area contributed by atoms with Gasteiger partial charge in [-0.2, -0.15) is 13.2 Å². The number of aromatic nitrogens is 4. The van der Waals surface area contributed by atoms with Gasteiger partial charge in [0.05, 0.1) is 23.2 Å². The fraction of sp³-hybridized carbons (Fsp3) is 0.457. The van der Waals surface area contributed by atoms with Crippen molar-refractivity contribution in [3.05, 3.63) is 84.1 Å². The molecule has 0 aliphatic carbocycles. The number of likely N-dealkylation sites (tertiary alicyclic amines) is 1. The number of anilines is 2. The van der Waals surface area contributed by atoms with Gasteiger partial charge in [-0.3, -0.25) is 9.69 Å². The fourth-order valence-electron chi connectivity index (χ4n) is 9.58. The first-order valence-electron chi connectivity index (χ1n) is 21.6. The lowest BCUT2D eigenvalue weighted by Crippen LogP contribution is -2.50. The molecule has 10 rings (SSSR count). The van der Waals surface area contributed by atoms with E-state index in [-0.39, 0.29) is 18.9 Å². The number of fused-ring (bicyclic) bond motifs is 2. The molecule has 8 heterocycles. The molecule has 61 heavy (non-hydrogen) atoms. The topological polar surface area (TPSA) is 93.6 Å². The van der Waals surface area contributed by atoms with Crippen molar-refractivity contribution in [1.82, 2.24) is 35.1 Å². The summed E-state index contributed by atoms with van der Waals surface area (Å²) in [4.78, 5) is 41.1. The first-order chi connectivity index (χ1) is 29.8. The molecule has 15 heteroatoms. The van der Waals surface area contributed by atoms with E-state index in [9.17, 15) is 18.0 Å². The van der Waals surface area contributed by atoms with E-state index in [0.717, 1.165) is 122 Å². The predicted molar refractivity (Wildman–Crippen MR) is 240 cm³/mol. The third-order valence-corrected chi connectivity index (χ3v) is 14.6. The Labute approximate surface area is 362 Å². The van der Waals surface area contributed by atoms with Crippen LogP contribution < -0.4 is 15.1 Å². The highest BCUT2D eigenvalue weighted by Gasteiger charge is 2.42. The molecule has 320 valence electrons. The van der Waals surface area contributed by atoms with E-state index >= 15 is 0 Å². The number of rotatable bonds is 8. The molecule has 4 saturated heterocycles. The molecule has 10 nitrogen and oxygen atoms in total. The molecule has 4 aromatic heterocycles. The lowest BCUT2D eigenvalue weighted by atomic mass is 9.92. The standard InChI is InChI=1S/C24H27F3N4S.C22H25N5OS/c25-24(26,27)19-7-4-10-30(14-19)13-17-8-11-31(12-9-17)22-21-20(18-5-2-1-3-6-18)15-32-23(21)29-16-28-22;28-19-13-26(11-8-23-19)12-16-6-9-27(10-7-16)21-20-18(17-4-2-1-3-5-17)14-29-22(20)25-15-24-21/h1-3,5-6,15-17,19H,4,7-14H2;1-5,14-16H,6-13H2,(H,23,28). The summed E-state index contributed by atoms with van der Waals surface area (Å²) >= 11 is 3.33. The Kier molecular flexibility index (Phi) is 12.8. The van der Waals surface area contributed by atoms with Crippen LogP contribution in [0.3, 0.4) is 0 Å². The molecule has 4 fully saturated rings. The summed E-state index contributed by atoms with van der Waals surface area (Å²) in [5.41, 5.74) is 4.76. The summed E-state index contributed by atoms with van der Waals surface area (Å²) < 4.78 is 39.4. The minimum Gasteiger partial charge on any atom is -0.356 e. The zero-order valence-corrected chi connectivity index (χ0v) is 35.9. The minimum absolute atomic E-state index is 0.156. The molecule has 1 N–H and O–H groups in total. The zero-order valence-electron chi connectivity index (χ0n) is 34.3. The average Bonchev–Trinajstić information content (AvgIpc) is 3.93. The molecule has 4 aliphatic rings. The molecular weight excluding hydrogens is 816 g/mol. The number of nitrogens with one attached hydrogen (secondary N) is 1. The molecular formula is C46H52F3N9OS2. The number of halogens is 3. The van der Waals surface area contributed by atoms with Crippen LogP contribution in [0, 0.1) is 17.8 Å². The number of amides is 1. The van der Waals surface area contributed by atoms with Gasteiger partial charge in [0.1, 0.15) is 34.0 Å². The normalized spacial score (nSPS) is 20.2. The molecule has 1 atom stereocenters. The monoisotopic (exact) mass is 867 g/mol. The fourth-order valence-corrected chi connectivity index (χ4v) is 11.4. The molecule has 0 spiro atoms. The second-order valence-corrected chi connectivity index (χ2v) is 18.6. The van der Waals surface area contributed by atoms with Gasteiger partial charge in [0, 0.05) is 80.8 Å². The van der Waals surface area contributed by atoms with Gasteiger partial charge in [-0.25, -0.2) is 19.9 Å². The zero-order chi connectivity index (χ0) is 41.8. The van der Waals surface area contributed by atoms with Crippen LogP contribution >= 0.6 is 22.7 Å². The minimum atomic E-state index is -4.07. The van der Waals surface area contributed by atoms with Crippen molar-refractivity contribution in [1.29, 1.82) is 0 Å². The SMILES string of the molecule is FC(F)(F)C1CCCN(CC2CCN(c3ncnc4scc(-c5ccccc5)c34)CC2)C1.O=C1CN(CC2CCN(c3ncnc4scc(-c5ccccc5)c34)CC2)CCN1. The van der Waals surface area contributed by atoms with Crippen molar-refractivity contribution in [3.63, 3.8) is 0 Å². The molecule has 4 aliphatic heterocycles. The maximum Gasteiger partial charge on any atom is 0.393 e. The molecule has 2 aromatic carbocycles. The number of carbonyl (C=O) groups is 1. The van der Waals surface area contributed by atoms with E-state index < -0.39 is 12.1 Å². The van der Waals surface area contributed by atoms with Crippen LogP contribution in [-0.4, -0.2) is 114 Å². The van der Waals surface area contributed by atoms with Crippen molar-refractivity contribution in [2.45, 2.75) is 44.7 Å². The molecule has 1 amide bonds. The Bertz CT molecular complexity index is 2380. The van der Waals surface area contributed by atoms with E-state index in [1.807, 2.05) is 29.2 Å². The van der Waals surface area contributed by atoms with Gasteiger partial charge in [0.25, 0.3) is 0 Å². The van der Waals surface area contributed by atoms with Gasteiger partial charge < -0.3 is 20.0 Å². The van der Waals surface area contributed by atoms with Crippen LogP contribution in [-0.2, 0) is 4.79 Å². The van der Waals surface area contributed by atoms with E-state index in [1.54, 1.807) is 35.3 Å². The van der Waals surface area contributed by atoms with E-state index in [0.29, 0.717) is 24.8 Å². The van der Waals surface area contributed by atoms with Crippen LogP contribution in [0.5, 0.6) is 0 Å². The summed E-state index contributed by atoms with van der Waals surface area (Å²) in [6.07, 6.45) is 4.39. The van der Waals surface area contributed by atoms with Gasteiger partial charge in [0.15, 0.2) is 0 Å². The number of alkyl halides is 3. The summed E-state index contributed by atoms with van der Waals surface area (Å²) in [5, 5.41) is 9.54. The summed E-state index contributed by atoms with van der Waals surface area (Å²) in [5.74, 6) is 2.11. The van der Waals surface area contributed by atoms with E-state index in [4.69, 9.17) is 4.98 Å².